The number of rotatable bonds is 4. The fourth-order valence-electron chi connectivity index (χ4n) is 3.28. The van der Waals surface area contributed by atoms with Crippen molar-refractivity contribution < 1.29 is 14.0 Å². The maximum absolute atomic E-state index is 13.8. The molecular formula is C21H22FN3O3. The van der Waals surface area contributed by atoms with Gasteiger partial charge in [0.1, 0.15) is 11.4 Å². The fourth-order valence-corrected chi connectivity index (χ4v) is 3.28. The predicted molar refractivity (Wildman–Crippen MR) is 106 cm³/mol. The third-order valence-corrected chi connectivity index (χ3v) is 4.85. The minimum absolute atomic E-state index is 0.000502. The lowest BCUT2D eigenvalue weighted by molar-refractivity contribution is -0.111. The topological polar surface area (TPSA) is 91.1 Å². The summed E-state index contributed by atoms with van der Waals surface area (Å²) in [6.07, 6.45) is 3.52. The van der Waals surface area contributed by atoms with Crippen LogP contribution in [0.3, 0.4) is 0 Å². The van der Waals surface area contributed by atoms with Crippen molar-refractivity contribution >= 4 is 23.2 Å². The minimum Gasteiger partial charge on any atom is -0.325 e. The molecule has 0 bridgehead atoms. The third kappa shape index (κ3) is 4.19. The Balaban J connectivity index is 1.84. The molecule has 0 fully saturated rings. The van der Waals surface area contributed by atoms with Crippen LogP contribution in [0.5, 0.6) is 0 Å². The molecule has 0 saturated carbocycles. The van der Waals surface area contributed by atoms with E-state index in [9.17, 15) is 18.8 Å². The second-order valence-corrected chi connectivity index (χ2v) is 7.70. The first-order valence-electron chi connectivity index (χ1n) is 8.98. The summed E-state index contributed by atoms with van der Waals surface area (Å²) < 4.78 is 13.8. The maximum Gasteiger partial charge on any atom is 0.261 e. The number of anilines is 2. The number of H-pyrrole nitrogens is 1. The summed E-state index contributed by atoms with van der Waals surface area (Å²) in [5.74, 6) is -1.82. The number of amides is 2. The van der Waals surface area contributed by atoms with Crippen LogP contribution in [0, 0.1) is 11.2 Å². The van der Waals surface area contributed by atoms with Gasteiger partial charge in [-0.1, -0.05) is 20.4 Å². The second-order valence-electron chi connectivity index (χ2n) is 7.70. The van der Waals surface area contributed by atoms with Crippen LogP contribution in [-0.2, 0) is 17.6 Å². The lowest BCUT2D eigenvalue weighted by Gasteiger charge is -2.30. The first kappa shape index (κ1) is 19.5. The van der Waals surface area contributed by atoms with E-state index in [1.807, 2.05) is 0 Å². The average molecular weight is 383 g/mol. The van der Waals surface area contributed by atoms with Crippen molar-refractivity contribution in [3.8, 4) is 0 Å². The Morgan fingerprint density at radius 2 is 2.00 bits per heavy atom. The molecule has 0 unspecified atom stereocenters. The first-order chi connectivity index (χ1) is 13.2. The Morgan fingerprint density at radius 1 is 1.25 bits per heavy atom. The molecule has 7 heteroatoms. The van der Waals surface area contributed by atoms with Crippen LogP contribution >= 0.6 is 0 Å². The predicted octanol–water partition coefficient (Wildman–Crippen LogP) is 3.41. The molecule has 1 heterocycles. The molecule has 6 nitrogen and oxygen atoms in total. The van der Waals surface area contributed by atoms with Gasteiger partial charge in [0.15, 0.2) is 0 Å². The van der Waals surface area contributed by atoms with Crippen molar-refractivity contribution in [3.63, 3.8) is 0 Å². The largest absolute Gasteiger partial charge is 0.325 e. The molecule has 3 N–H and O–H groups in total. The van der Waals surface area contributed by atoms with Crippen LogP contribution in [0.4, 0.5) is 15.8 Å². The third-order valence-electron chi connectivity index (χ3n) is 4.85. The van der Waals surface area contributed by atoms with E-state index in [1.54, 1.807) is 6.07 Å². The van der Waals surface area contributed by atoms with Crippen molar-refractivity contribution in [1.82, 2.24) is 4.98 Å². The molecule has 1 aromatic heterocycles. The number of benzene rings is 1. The van der Waals surface area contributed by atoms with Gasteiger partial charge in [0.05, 0.1) is 5.69 Å². The lowest BCUT2D eigenvalue weighted by Crippen LogP contribution is -2.30. The highest BCUT2D eigenvalue weighted by molar-refractivity contribution is 6.05. The van der Waals surface area contributed by atoms with Crippen LogP contribution in [0.25, 0.3) is 0 Å². The number of aryl methyl sites for hydroxylation is 1. The molecule has 2 aromatic rings. The fraction of sp³-hybridized carbons (Fsp3) is 0.286. The van der Waals surface area contributed by atoms with Crippen molar-refractivity contribution in [3.05, 3.63) is 69.9 Å². The molecule has 0 aliphatic heterocycles. The molecular weight excluding hydrogens is 361 g/mol. The molecule has 0 atom stereocenters. The van der Waals surface area contributed by atoms with Gasteiger partial charge in [-0.25, -0.2) is 4.39 Å². The van der Waals surface area contributed by atoms with E-state index < -0.39 is 23.2 Å². The number of aromatic amines is 1. The Kier molecular flexibility index (Phi) is 5.18. The van der Waals surface area contributed by atoms with E-state index in [2.05, 4.69) is 36.0 Å². The van der Waals surface area contributed by atoms with E-state index in [-0.39, 0.29) is 22.4 Å². The summed E-state index contributed by atoms with van der Waals surface area (Å²) in [4.78, 5) is 39.2. The molecule has 0 radical (unpaired) electrons. The minimum atomic E-state index is -0.651. The van der Waals surface area contributed by atoms with Crippen molar-refractivity contribution in [1.29, 1.82) is 0 Å². The molecule has 0 spiro atoms. The van der Waals surface area contributed by atoms with Crippen LogP contribution in [0.15, 0.2) is 41.7 Å². The summed E-state index contributed by atoms with van der Waals surface area (Å²) in [7, 11) is 0. The number of hydrogen-bond acceptors (Lipinski definition) is 3. The number of pyridine rings is 1. The van der Waals surface area contributed by atoms with E-state index in [0.29, 0.717) is 0 Å². The van der Waals surface area contributed by atoms with Crippen LogP contribution in [-0.4, -0.2) is 16.8 Å². The van der Waals surface area contributed by atoms with E-state index in [0.717, 1.165) is 42.7 Å². The monoisotopic (exact) mass is 383 g/mol. The lowest BCUT2D eigenvalue weighted by atomic mass is 9.76. The molecule has 1 aliphatic carbocycles. The Bertz CT molecular complexity index is 1020. The normalized spacial score (nSPS) is 14.7. The van der Waals surface area contributed by atoms with Crippen molar-refractivity contribution in [2.45, 2.75) is 33.1 Å². The summed E-state index contributed by atoms with van der Waals surface area (Å²) in [6, 6.07) is 5.38. The summed E-state index contributed by atoms with van der Waals surface area (Å²) in [6.45, 7) is 7.60. The summed E-state index contributed by atoms with van der Waals surface area (Å²) in [5.41, 5.74) is 1.64. The molecule has 2 amide bonds. The van der Waals surface area contributed by atoms with E-state index in [1.165, 1.54) is 12.1 Å². The zero-order chi connectivity index (χ0) is 20.5. The van der Waals surface area contributed by atoms with Crippen LogP contribution in [0.1, 0.15) is 41.9 Å². The zero-order valence-electron chi connectivity index (χ0n) is 15.8. The molecule has 3 rings (SSSR count). The zero-order valence-corrected chi connectivity index (χ0v) is 15.8. The van der Waals surface area contributed by atoms with Gasteiger partial charge >= 0.3 is 0 Å². The number of halogens is 1. The van der Waals surface area contributed by atoms with Crippen molar-refractivity contribution in [2.75, 3.05) is 10.6 Å². The van der Waals surface area contributed by atoms with E-state index >= 15 is 0 Å². The second kappa shape index (κ2) is 7.42. The smallest absolute Gasteiger partial charge is 0.261 e. The molecule has 28 heavy (non-hydrogen) atoms. The van der Waals surface area contributed by atoms with E-state index in [4.69, 9.17) is 0 Å². The molecule has 1 aliphatic rings. The SMILES string of the molecule is C=CC(=O)Nc1cc(NC(=O)c2cc3c([nH]c2=O)CC(C)(C)CC3)ccc1F. The van der Waals surface area contributed by atoms with Gasteiger partial charge in [0.2, 0.25) is 5.91 Å². The van der Waals surface area contributed by atoms with Gasteiger partial charge in [-0.2, -0.15) is 0 Å². The maximum atomic E-state index is 13.8. The molecule has 1 aromatic carbocycles. The number of fused-ring (bicyclic) bond motifs is 1. The average Bonchev–Trinajstić information content (AvgIpc) is 2.63. The quantitative estimate of drug-likeness (QED) is 0.707. The first-order valence-corrected chi connectivity index (χ1v) is 8.98. The highest BCUT2D eigenvalue weighted by atomic mass is 19.1. The summed E-state index contributed by atoms with van der Waals surface area (Å²) in [5, 5.41) is 4.90. The molecule has 146 valence electrons. The van der Waals surface area contributed by atoms with Gasteiger partial charge in [-0.3, -0.25) is 14.4 Å². The Hall–Kier alpha value is -3.22. The number of hydrogen-bond donors (Lipinski definition) is 3. The highest BCUT2D eigenvalue weighted by Gasteiger charge is 2.27. The number of aromatic nitrogens is 1. The van der Waals surface area contributed by atoms with Crippen molar-refractivity contribution in [2.24, 2.45) is 5.41 Å². The molecule has 0 saturated heterocycles. The Labute approximate surface area is 161 Å². The van der Waals surface area contributed by atoms with Gasteiger partial charge in [0, 0.05) is 11.4 Å². The Morgan fingerprint density at radius 3 is 2.71 bits per heavy atom. The van der Waals surface area contributed by atoms with Crippen LogP contribution in [0.2, 0.25) is 0 Å². The van der Waals surface area contributed by atoms with Gasteiger partial charge in [-0.05, 0) is 60.6 Å². The summed E-state index contributed by atoms with van der Waals surface area (Å²) >= 11 is 0. The van der Waals surface area contributed by atoms with Gasteiger partial charge < -0.3 is 15.6 Å². The van der Waals surface area contributed by atoms with Gasteiger partial charge in [-0.15, -0.1) is 0 Å². The number of nitrogens with one attached hydrogen (secondary N) is 3. The standard InChI is InChI=1S/C21H22FN3O3/c1-4-18(26)24-16-10-13(5-6-15(16)22)23-19(27)14-9-12-7-8-21(2,3)11-17(12)25-20(14)28/h4-6,9-10H,1,7-8,11H2,2-3H3,(H,23,27)(H,24,26)(H,25,28). The highest BCUT2D eigenvalue weighted by Crippen LogP contribution is 2.33. The number of carbonyl (C=O) groups is 2. The van der Waals surface area contributed by atoms with Gasteiger partial charge in [0.25, 0.3) is 11.5 Å². The van der Waals surface area contributed by atoms with Crippen LogP contribution < -0.4 is 16.2 Å². The number of carbonyl (C=O) groups excluding carboxylic acids is 2.